The summed E-state index contributed by atoms with van der Waals surface area (Å²) in [5, 5.41) is 14.0. The van der Waals surface area contributed by atoms with Crippen molar-refractivity contribution >= 4 is 28.7 Å². The summed E-state index contributed by atoms with van der Waals surface area (Å²) in [7, 11) is 1.80. The third-order valence-electron chi connectivity index (χ3n) is 10.4. The summed E-state index contributed by atoms with van der Waals surface area (Å²) in [4.78, 5) is 23.0. The maximum absolute atomic E-state index is 13.6. The lowest BCUT2D eigenvalue weighted by Gasteiger charge is -2.56. The van der Waals surface area contributed by atoms with Crippen molar-refractivity contribution in [2.75, 3.05) is 11.9 Å². The van der Waals surface area contributed by atoms with Crippen LogP contribution in [0.5, 0.6) is 0 Å². The molecule has 180 valence electrons. The zero-order valence-corrected chi connectivity index (χ0v) is 20.3. The molecule has 35 heavy (non-hydrogen) atoms. The molecule has 5 fully saturated rings. The molecule has 4 saturated carbocycles. The quantitative estimate of drug-likeness (QED) is 0.701. The van der Waals surface area contributed by atoms with Crippen LogP contribution in [0.1, 0.15) is 44.6 Å². The van der Waals surface area contributed by atoms with Gasteiger partial charge in [0.25, 0.3) is 0 Å². The Hall–Kier alpha value is -2.63. The maximum Gasteiger partial charge on any atom is 0.330 e. The molecule has 1 saturated heterocycles. The van der Waals surface area contributed by atoms with Gasteiger partial charge in [-0.25, -0.2) is 9.78 Å². The molecule has 1 N–H and O–H groups in total. The smallest absolute Gasteiger partial charge is 0.330 e. The van der Waals surface area contributed by atoms with E-state index in [1.54, 1.807) is 17.8 Å². The molecule has 8 atom stereocenters. The Morgan fingerprint density at radius 3 is 3.03 bits per heavy atom. The fraction of sp³-hybridized carbons (Fsp3) is 0.615. The maximum atomic E-state index is 13.6. The molecule has 8 unspecified atom stereocenters. The fourth-order valence-corrected chi connectivity index (χ4v) is 9.34. The number of nitrogens with one attached hydrogen (secondary N) is 1. The van der Waals surface area contributed by atoms with Gasteiger partial charge in [0.15, 0.2) is 5.65 Å². The molecule has 3 bridgehead atoms. The summed E-state index contributed by atoms with van der Waals surface area (Å²) in [5.41, 5.74) is 2.09. The van der Waals surface area contributed by atoms with Crippen molar-refractivity contribution in [1.82, 2.24) is 19.1 Å². The van der Waals surface area contributed by atoms with Crippen LogP contribution in [0.4, 0.5) is 5.95 Å². The van der Waals surface area contributed by atoms with E-state index in [-0.39, 0.29) is 28.7 Å². The van der Waals surface area contributed by atoms with E-state index in [0.29, 0.717) is 40.3 Å². The predicted molar refractivity (Wildman–Crippen MR) is 129 cm³/mol. The first-order valence-corrected chi connectivity index (χ1v) is 13.1. The molecule has 0 radical (unpaired) electrons. The molecule has 5 aliphatic carbocycles. The number of halogens is 1. The van der Waals surface area contributed by atoms with Gasteiger partial charge in [0.1, 0.15) is 5.52 Å². The van der Waals surface area contributed by atoms with E-state index in [4.69, 9.17) is 21.3 Å². The Morgan fingerprint density at radius 1 is 1.29 bits per heavy atom. The molecule has 2 aromatic heterocycles. The van der Waals surface area contributed by atoms with Crippen LogP contribution < -0.4 is 11.0 Å². The highest BCUT2D eigenvalue weighted by Crippen LogP contribution is 2.83. The summed E-state index contributed by atoms with van der Waals surface area (Å²) >= 11 is 6.54. The Kier molecular flexibility index (Phi) is 3.86. The largest absolute Gasteiger partial charge is 0.373 e. The van der Waals surface area contributed by atoms with Gasteiger partial charge in [0, 0.05) is 25.6 Å². The highest BCUT2D eigenvalue weighted by Gasteiger charge is 2.78. The number of aromatic nitrogens is 4. The summed E-state index contributed by atoms with van der Waals surface area (Å²) in [6.45, 7) is 0.734. The molecular formula is C26H27ClN6O2. The molecule has 1 aliphatic heterocycles. The number of aryl methyl sites for hydroxylation is 1. The number of allylic oxidation sites excluding steroid dienone is 1. The zero-order chi connectivity index (χ0) is 23.7. The van der Waals surface area contributed by atoms with Crippen LogP contribution >= 0.6 is 11.6 Å². The summed E-state index contributed by atoms with van der Waals surface area (Å²) in [6, 6.07) is 2.84. The minimum absolute atomic E-state index is 0.0357. The molecule has 0 amide bonds. The van der Waals surface area contributed by atoms with Gasteiger partial charge in [-0.15, -0.1) is 0 Å². The third-order valence-corrected chi connectivity index (χ3v) is 10.7. The molecule has 1 spiro atoms. The summed E-state index contributed by atoms with van der Waals surface area (Å²) < 4.78 is 9.34. The number of anilines is 1. The van der Waals surface area contributed by atoms with Gasteiger partial charge in [-0.05, 0) is 67.8 Å². The average molecular weight is 491 g/mol. The summed E-state index contributed by atoms with van der Waals surface area (Å²) in [6.07, 6.45) is 12.1. The van der Waals surface area contributed by atoms with Crippen molar-refractivity contribution in [3.63, 3.8) is 0 Å². The first-order valence-electron chi connectivity index (χ1n) is 12.8. The van der Waals surface area contributed by atoms with Crippen molar-refractivity contribution in [3.8, 4) is 6.07 Å². The lowest BCUT2D eigenvalue weighted by molar-refractivity contribution is -0.0691. The molecular weight excluding hydrogens is 464 g/mol. The van der Waals surface area contributed by atoms with E-state index in [1.165, 1.54) is 0 Å². The van der Waals surface area contributed by atoms with Crippen molar-refractivity contribution in [2.45, 2.75) is 50.7 Å². The minimum Gasteiger partial charge on any atom is -0.373 e. The number of nitriles is 1. The number of ether oxygens (including phenoxy) is 1. The molecule has 3 heterocycles. The second kappa shape index (κ2) is 6.57. The molecule has 8 rings (SSSR count). The lowest BCUT2D eigenvalue weighted by atomic mass is 9.46. The first kappa shape index (κ1) is 20.6. The highest BCUT2D eigenvalue weighted by molar-refractivity contribution is 6.32. The SMILES string of the molecule is Cn1c(=O)n(C2C3CC4CC5(C#N)CC2C5(C4)C3)c2nc(NC3=CC4CCOC4C=C3Cl)ncc21. The molecule has 8 nitrogen and oxygen atoms in total. The Morgan fingerprint density at radius 2 is 2.17 bits per heavy atom. The van der Waals surface area contributed by atoms with E-state index in [1.807, 2.05) is 10.6 Å². The van der Waals surface area contributed by atoms with Crippen LogP contribution in [0.3, 0.4) is 0 Å². The Balaban J connectivity index is 1.20. The Bertz CT molecular complexity index is 1470. The second-order valence-corrected chi connectivity index (χ2v) is 12.2. The molecule has 6 aliphatic rings. The monoisotopic (exact) mass is 490 g/mol. The van der Waals surface area contributed by atoms with Crippen LogP contribution in [0.2, 0.25) is 0 Å². The standard InChI is InChI=1S/C26H27ClN6O2/c1-32-19-11-29-23(30-18-5-14-2-3-35-20(14)6-17(18)27)31-22(19)33(24(32)34)21-15-4-13-7-25(12-28)10-16(21)26(25,8-13)9-15/h5-6,11,13-16,20-21H,2-4,7-10H2,1H3,(H,29,30,31). The zero-order valence-electron chi connectivity index (χ0n) is 19.6. The van der Waals surface area contributed by atoms with Gasteiger partial charge in [-0.2, -0.15) is 10.2 Å². The van der Waals surface area contributed by atoms with Crippen molar-refractivity contribution < 1.29 is 4.74 Å². The molecule has 0 aromatic carbocycles. The first-order chi connectivity index (χ1) is 16.9. The second-order valence-electron chi connectivity index (χ2n) is 11.7. The van der Waals surface area contributed by atoms with Gasteiger partial charge in [0.05, 0.1) is 34.5 Å². The predicted octanol–water partition coefficient (Wildman–Crippen LogP) is 3.86. The highest BCUT2D eigenvalue weighted by atomic mass is 35.5. The van der Waals surface area contributed by atoms with Crippen LogP contribution in [0.25, 0.3) is 11.2 Å². The Labute approximate surface area is 207 Å². The van der Waals surface area contributed by atoms with E-state index in [0.717, 1.165) is 56.3 Å². The van der Waals surface area contributed by atoms with Gasteiger partial charge in [-0.3, -0.25) is 9.13 Å². The van der Waals surface area contributed by atoms with Gasteiger partial charge in [0.2, 0.25) is 5.95 Å². The fourth-order valence-electron chi connectivity index (χ4n) is 9.11. The number of fused-ring (bicyclic) bond motifs is 4. The number of nitrogens with zero attached hydrogens (tertiary/aromatic N) is 5. The van der Waals surface area contributed by atoms with E-state index < -0.39 is 0 Å². The van der Waals surface area contributed by atoms with E-state index >= 15 is 0 Å². The van der Waals surface area contributed by atoms with E-state index in [2.05, 4.69) is 22.4 Å². The van der Waals surface area contributed by atoms with Gasteiger partial charge in [-0.1, -0.05) is 17.7 Å². The topological polar surface area (TPSA) is 97.8 Å². The van der Waals surface area contributed by atoms with Gasteiger partial charge >= 0.3 is 5.69 Å². The van der Waals surface area contributed by atoms with Crippen LogP contribution in [0.15, 0.2) is 33.9 Å². The molecule has 9 heteroatoms. The van der Waals surface area contributed by atoms with Crippen LogP contribution in [-0.4, -0.2) is 31.8 Å². The van der Waals surface area contributed by atoms with Crippen molar-refractivity contribution in [2.24, 2.45) is 41.5 Å². The minimum atomic E-state index is -0.167. The van der Waals surface area contributed by atoms with Crippen molar-refractivity contribution in [3.05, 3.63) is 39.6 Å². The number of hydrogen-bond acceptors (Lipinski definition) is 6. The lowest BCUT2D eigenvalue weighted by Crippen LogP contribution is -2.53. The summed E-state index contributed by atoms with van der Waals surface area (Å²) in [5.74, 6) is 2.17. The van der Waals surface area contributed by atoms with Crippen LogP contribution in [-0.2, 0) is 11.8 Å². The number of rotatable bonds is 3. The van der Waals surface area contributed by atoms with Crippen molar-refractivity contribution in [1.29, 1.82) is 5.26 Å². The van der Waals surface area contributed by atoms with Gasteiger partial charge < -0.3 is 10.1 Å². The van der Waals surface area contributed by atoms with E-state index in [9.17, 15) is 10.1 Å². The third kappa shape index (κ3) is 2.39. The molecule has 2 aromatic rings. The number of imidazole rings is 1. The van der Waals surface area contributed by atoms with Crippen LogP contribution in [0, 0.1) is 45.8 Å². The normalized spacial score (nSPS) is 42.3. The average Bonchev–Trinajstić information content (AvgIpc) is 3.48. The number of hydrogen-bond donors (Lipinski definition) is 1.